The van der Waals surface area contributed by atoms with Crippen molar-refractivity contribution < 1.29 is 13.2 Å². The normalized spacial score (nSPS) is 14.5. The molecule has 0 unspecified atom stereocenters. The lowest BCUT2D eigenvalue weighted by atomic mass is 10.1. The fourth-order valence-electron chi connectivity index (χ4n) is 4.21. The van der Waals surface area contributed by atoms with Crippen LogP contribution in [0.15, 0.2) is 75.4 Å². The van der Waals surface area contributed by atoms with E-state index in [0.717, 1.165) is 21.6 Å². The summed E-state index contributed by atoms with van der Waals surface area (Å²) < 4.78 is 28.8. The van der Waals surface area contributed by atoms with Gasteiger partial charge in [0.1, 0.15) is 0 Å². The molecule has 8 heteroatoms. The van der Waals surface area contributed by atoms with Gasteiger partial charge in [-0.3, -0.25) is 4.79 Å². The second-order valence-corrected chi connectivity index (χ2v) is 11.8. The number of piperazine rings is 1. The molecule has 0 aliphatic carbocycles. The van der Waals surface area contributed by atoms with E-state index in [4.69, 9.17) is 0 Å². The van der Waals surface area contributed by atoms with Gasteiger partial charge in [-0.05, 0) is 74.4 Å². The molecule has 0 aromatic heterocycles. The number of benzene rings is 3. The van der Waals surface area contributed by atoms with Gasteiger partial charge in [0, 0.05) is 41.5 Å². The molecule has 1 amide bonds. The summed E-state index contributed by atoms with van der Waals surface area (Å²) >= 11 is 1.38. The van der Waals surface area contributed by atoms with Crippen LogP contribution in [0.3, 0.4) is 0 Å². The molecule has 6 nitrogen and oxygen atoms in total. The Morgan fingerprint density at radius 3 is 2.20 bits per heavy atom. The quantitative estimate of drug-likeness (QED) is 0.498. The molecule has 1 aliphatic rings. The van der Waals surface area contributed by atoms with E-state index in [0.29, 0.717) is 29.1 Å². The van der Waals surface area contributed by atoms with E-state index in [9.17, 15) is 18.5 Å². The van der Waals surface area contributed by atoms with Gasteiger partial charge < -0.3 is 4.90 Å². The zero-order chi connectivity index (χ0) is 25.2. The predicted molar refractivity (Wildman–Crippen MR) is 137 cm³/mol. The molecule has 1 heterocycles. The molecule has 0 saturated carbocycles. The number of carbonyl (C=O) groups is 1. The Balaban J connectivity index is 1.57. The second kappa shape index (κ2) is 10.2. The number of nitrogens with zero attached hydrogens (tertiary/aromatic N) is 3. The smallest absolute Gasteiger partial charge is 0.253 e. The van der Waals surface area contributed by atoms with Crippen molar-refractivity contribution in [3.63, 3.8) is 0 Å². The van der Waals surface area contributed by atoms with E-state index >= 15 is 0 Å². The number of sulfonamides is 1. The molecule has 0 N–H and O–H groups in total. The van der Waals surface area contributed by atoms with Crippen LogP contribution in [0, 0.1) is 32.1 Å². The second-order valence-electron chi connectivity index (χ2n) is 8.76. The van der Waals surface area contributed by atoms with Gasteiger partial charge in [-0.2, -0.15) is 9.57 Å². The Labute approximate surface area is 211 Å². The molecule has 0 radical (unpaired) electrons. The van der Waals surface area contributed by atoms with Gasteiger partial charge in [0.25, 0.3) is 5.91 Å². The molecular weight excluding hydrogens is 478 g/mol. The average molecular weight is 506 g/mol. The topological polar surface area (TPSA) is 81.5 Å². The summed E-state index contributed by atoms with van der Waals surface area (Å²) in [5.41, 5.74) is 4.10. The molecule has 35 heavy (non-hydrogen) atoms. The number of carbonyl (C=O) groups excluding carboxylic acids is 1. The maximum atomic E-state index is 13.7. The zero-order valence-corrected chi connectivity index (χ0v) is 21.6. The van der Waals surface area contributed by atoms with Crippen LogP contribution in [0.5, 0.6) is 0 Å². The molecule has 0 bridgehead atoms. The summed E-state index contributed by atoms with van der Waals surface area (Å²) in [6.07, 6.45) is 0. The minimum Gasteiger partial charge on any atom is -0.336 e. The summed E-state index contributed by atoms with van der Waals surface area (Å²) in [6.45, 7) is 6.96. The predicted octanol–water partition coefficient (Wildman–Crippen LogP) is 4.78. The van der Waals surface area contributed by atoms with Gasteiger partial charge in [0.15, 0.2) is 0 Å². The molecule has 1 aliphatic heterocycles. The molecule has 1 saturated heterocycles. The first kappa shape index (κ1) is 25.0. The minimum atomic E-state index is -3.86. The van der Waals surface area contributed by atoms with E-state index < -0.39 is 10.0 Å². The number of nitriles is 1. The highest BCUT2D eigenvalue weighted by Crippen LogP contribution is 2.36. The summed E-state index contributed by atoms with van der Waals surface area (Å²) in [7, 11) is -3.86. The van der Waals surface area contributed by atoms with Gasteiger partial charge in [0.05, 0.1) is 16.5 Å². The van der Waals surface area contributed by atoms with Crippen molar-refractivity contribution in [1.82, 2.24) is 9.21 Å². The van der Waals surface area contributed by atoms with Crippen molar-refractivity contribution >= 4 is 27.7 Å². The molecule has 0 spiro atoms. The molecule has 3 aromatic rings. The van der Waals surface area contributed by atoms with Crippen molar-refractivity contribution in [2.75, 3.05) is 26.2 Å². The van der Waals surface area contributed by atoms with Crippen molar-refractivity contribution in [3.05, 3.63) is 88.5 Å². The molecule has 180 valence electrons. The highest BCUT2D eigenvalue weighted by molar-refractivity contribution is 8.00. The SMILES string of the molecule is Cc1cc(C)cc(Sc2ccc(C#N)cc2S(=O)(=O)N2CCN(C(=O)c3cccc(C)c3)CC2)c1. The van der Waals surface area contributed by atoms with E-state index in [2.05, 4.69) is 12.1 Å². The number of rotatable bonds is 5. The standard InChI is InChI=1S/C27H27N3O3S2/c1-19-5-4-6-23(14-19)27(31)29-9-11-30(12-10-29)35(32,33)26-17-22(18-28)7-8-25(26)34-24-15-20(2)13-21(3)16-24/h4-8,13-17H,9-12H2,1-3H3. The van der Waals surface area contributed by atoms with Crippen molar-refractivity contribution in [3.8, 4) is 6.07 Å². The third-order valence-electron chi connectivity index (χ3n) is 5.90. The fourth-order valence-corrected chi connectivity index (χ4v) is 7.21. The van der Waals surface area contributed by atoms with E-state index in [1.54, 1.807) is 23.1 Å². The zero-order valence-electron chi connectivity index (χ0n) is 20.0. The van der Waals surface area contributed by atoms with E-state index in [-0.39, 0.29) is 23.9 Å². The first-order valence-electron chi connectivity index (χ1n) is 11.3. The Bertz CT molecular complexity index is 1400. The highest BCUT2D eigenvalue weighted by atomic mass is 32.2. The van der Waals surface area contributed by atoms with Gasteiger partial charge in [-0.25, -0.2) is 8.42 Å². The summed E-state index contributed by atoms with van der Waals surface area (Å²) in [5, 5.41) is 9.41. The third kappa shape index (κ3) is 5.59. The Kier molecular flexibility index (Phi) is 7.31. The number of hydrogen-bond acceptors (Lipinski definition) is 5. The van der Waals surface area contributed by atoms with Crippen LogP contribution in [0.2, 0.25) is 0 Å². The molecule has 0 atom stereocenters. The van der Waals surface area contributed by atoms with Crippen molar-refractivity contribution in [2.24, 2.45) is 0 Å². The summed E-state index contributed by atoms with van der Waals surface area (Å²) in [5.74, 6) is -0.0942. The maximum Gasteiger partial charge on any atom is 0.253 e. The first-order valence-corrected chi connectivity index (χ1v) is 13.6. The Hall–Kier alpha value is -3.12. The lowest BCUT2D eigenvalue weighted by Gasteiger charge is -2.34. The summed E-state index contributed by atoms with van der Waals surface area (Å²) in [6, 6.07) is 20.3. The van der Waals surface area contributed by atoms with Crippen LogP contribution in [0.1, 0.15) is 32.6 Å². The highest BCUT2D eigenvalue weighted by Gasteiger charge is 2.32. The molecule has 4 rings (SSSR count). The average Bonchev–Trinajstić information content (AvgIpc) is 2.83. The lowest BCUT2D eigenvalue weighted by Crippen LogP contribution is -2.50. The summed E-state index contributed by atoms with van der Waals surface area (Å²) in [4.78, 5) is 16.2. The van der Waals surface area contributed by atoms with Crippen LogP contribution in [0.4, 0.5) is 0 Å². The number of hydrogen-bond donors (Lipinski definition) is 0. The van der Waals surface area contributed by atoms with Gasteiger partial charge in [-0.1, -0.05) is 35.5 Å². The monoisotopic (exact) mass is 505 g/mol. The van der Waals surface area contributed by atoms with E-state index in [1.165, 1.54) is 22.1 Å². The van der Waals surface area contributed by atoms with E-state index in [1.807, 2.05) is 51.1 Å². The molecular formula is C27H27N3O3S2. The van der Waals surface area contributed by atoms with Crippen LogP contribution in [-0.4, -0.2) is 49.7 Å². The fraction of sp³-hybridized carbons (Fsp3) is 0.259. The van der Waals surface area contributed by atoms with Crippen LogP contribution < -0.4 is 0 Å². The third-order valence-corrected chi connectivity index (χ3v) is 9.02. The first-order chi connectivity index (χ1) is 16.7. The van der Waals surface area contributed by atoms with Gasteiger partial charge in [0.2, 0.25) is 10.0 Å². The van der Waals surface area contributed by atoms with Crippen molar-refractivity contribution in [2.45, 2.75) is 35.5 Å². The minimum absolute atomic E-state index is 0.0942. The molecule has 3 aromatic carbocycles. The van der Waals surface area contributed by atoms with Gasteiger partial charge >= 0.3 is 0 Å². The maximum absolute atomic E-state index is 13.7. The largest absolute Gasteiger partial charge is 0.336 e. The van der Waals surface area contributed by atoms with Crippen molar-refractivity contribution in [1.29, 1.82) is 5.26 Å². The Morgan fingerprint density at radius 2 is 1.57 bits per heavy atom. The molecule has 1 fully saturated rings. The lowest BCUT2D eigenvalue weighted by molar-refractivity contribution is 0.0697. The van der Waals surface area contributed by atoms with Crippen LogP contribution in [0.25, 0.3) is 0 Å². The number of amides is 1. The van der Waals surface area contributed by atoms with Crippen LogP contribution >= 0.6 is 11.8 Å². The Morgan fingerprint density at radius 1 is 0.886 bits per heavy atom. The van der Waals surface area contributed by atoms with Gasteiger partial charge in [-0.15, -0.1) is 0 Å². The van der Waals surface area contributed by atoms with Crippen LogP contribution in [-0.2, 0) is 10.0 Å². The number of aryl methyl sites for hydroxylation is 3.